The lowest BCUT2D eigenvalue weighted by Crippen LogP contribution is -2.50. The van der Waals surface area contributed by atoms with Crippen molar-refractivity contribution in [1.82, 2.24) is 15.0 Å². The molecule has 1 aliphatic heterocycles. The van der Waals surface area contributed by atoms with Gasteiger partial charge in [-0.15, -0.1) is 0 Å². The van der Waals surface area contributed by atoms with Gasteiger partial charge in [0.15, 0.2) is 5.82 Å². The van der Waals surface area contributed by atoms with Crippen molar-refractivity contribution in [1.29, 1.82) is 0 Å². The van der Waals surface area contributed by atoms with E-state index in [4.69, 9.17) is 9.72 Å². The van der Waals surface area contributed by atoms with Crippen molar-refractivity contribution in [2.45, 2.75) is 52.6 Å². The SMILES string of the molecule is Cc1ccc(OC[C@H]2C[C@@H](Nc3nc(C)c4c(n3)N(C)[C@@H](C(C)C)C(=O)N4)C2)cn1. The predicted octanol–water partition coefficient (Wildman–Crippen LogP) is 3.17. The maximum atomic E-state index is 12.5. The molecule has 1 saturated carbocycles. The van der Waals surface area contributed by atoms with Crippen LogP contribution < -0.4 is 20.3 Å². The minimum Gasteiger partial charge on any atom is -0.492 e. The number of nitrogens with one attached hydrogen (secondary N) is 2. The van der Waals surface area contributed by atoms with Crippen molar-refractivity contribution < 1.29 is 9.53 Å². The molecule has 2 N–H and O–H groups in total. The molecule has 160 valence electrons. The lowest BCUT2D eigenvalue weighted by molar-refractivity contribution is -0.118. The number of hydrogen-bond donors (Lipinski definition) is 2. The van der Waals surface area contributed by atoms with Gasteiger partial charge in [-0.05, 0) is 50.7 Å². The van der Waals surface area contributed by atoms with E-state index in [1.54, 1.807) is 6.20 Å². The molecule has 1 amide bonds. The van der Waals surface area contributed by atoms with Gasteiger partial charge in [0.2, 0.25) is 11.9 Å². The van der Waals surface area contributed by atoms with Crippen LogP contribution in [0.4, 0.5) is 17.5 Å². The average molecular weight is 411 g/mol. The van der Waals surface area contributed by atoms with Gasteiger partial charge in [-0.3, -0.25) is 9.78 Å². The van der Waals surface area contributed by atoms with Crippen molar-refractivity contribution in [3.63, 3.8) is 0 Å². The molecule has 1 aliphatic carbocycles. The lowest BCUT2D eigenvalue weighted by Gasteiger charge is -2.38. The Kier molecular flexibility index (Phi) is 5.49. The van der Waals surface area contributed by atoms with Gasteiger partial charge in [0.05, 0.1) is 18.5 Å². The summed E-state index contributed by atoms with van der Waals surface area (Å²) in [5, 5.41) is 6.44. The highest BCUT2D eigenvalue weighted by Gasteiger charge is 2.36. The number of anilines is 3. The number of rotatable bonds is 6. The molecule has 0 saturated heterocycles. The van der Waals surface area contributed by atoms with E-state index in [9.17, 15) is 4.79 Å². The molecule has 8 nitrogen and oxygen atoms in total. The molecule has 2 aromatic heterocycles. The molecule has 8 heteroatoms. The summed E-state index contributed by atoms with van der Waals surface area (Å²) in [6.07, 6.45) is 3.80. The van der Waals surface area contributed by atoms with Crippen LogP contribution in [0.5, 0.6) is 5.75 Å². The predicted molar refractivity (Wildman–Crippen MR) is 117 cm³/mol. The van der Waals surface area contributed by atoms with Crippen LogP contribution in [0.25, 0.3) is 0 Å². The topological polar surface area (TPSA) is 92.3 Å². The highest BCUT2D eigenvalue weighted by molar-refractivity contribution is 6.03. The van der Waals surface area contributed by atoms with Crippen LogP contribution in [0.15, 0.2) is 18.3 Å². The first-order chi connectivity index (χ1) is 14.3. The average Bonchev–Trinajstić information content (AvgIpc) is 2.65. The largest absolute Gasteiger partial charge is 0.492 e. The molecule has 2 aromatic rings. The monoisotopic (exact) mass is 410 g/mol. The summed E-state index contributed by atoms with van der Waals surface area (Å²) in [5.74, 6) is 2.90. The number of hydrogen-bond acceptors (Lipinski definition) is 7. The van der Waals surface area contributed by atoms with Crippen molar-refractivity contribution in [3.8, 4) is 5.75 Å². The van der Waals surface area contributed by atoms with Gasteiger partial charge in [-0.1, -0.05) is 13.8 Å². The Hall–Kier alpha value is -2.90. The van der Waals surface area contributed by atoms with Crippen LogP contribution in [-0.2, 0) is 4.79 Å². The molecule has 30 heavy (non-hydrogen) atoms. The number of nitrogens with zero attached hydrogens (tertiary/aromatic N) is 4. The number of ether oxygens (including phenoxy) is 1. The Morgan fingerprint density at radius 3 is 2.70 bits per heavy atom. The summed E-state index contributed by atoms with van der Waals surface area (Å²) < 4.78 is 5.85. The number of pyridine rings is 1. The molecule has 0 unspecified atom stereocenters. The maximum Gasteiger partial charge on any atom is 0.247 e. The first-order valence-corrected chi connectivity index (χ1v) is 10.6. The Morgan fingerprint density at radius 2 is 2.03 bits per heavy atom. The van der Waals surface area contributed by atoms with E-state index in [2.05, 4.69) is 20.6 Å². The Balaban J connectivity index is 1.36. The van der Waals surface area contributed by atoms with E-state index in [-0.39, 0.29) is 17.9 Å². The van der Waals surface area contributed by atoms with Gasteiger partial charge >= 0.3 is 0 Å². The number of likely N-dealkylation sites (N-methyl/N-ethyl adjacent to an activating group) is 1. The zero-order valence-electron chi connectivity index (χ0n) is 18.3. The number of carbonyl (C=O) groups excluding carboxylic acids is 1. The highest BCUT2D eigenvalue weighted by atomic mass is 16.5. The fourth-order valence-electron chi connectivity index (χ4n) is 4.20. The number of carbonyl (C=O) groups is 1. The minimum atomic E-state index is -0.235. The van der Waals surface area contributed by atoms with Gasteiger partial charge in [-0.25, -0.2) is 4.98 Å². The van der Waals surface area contributed by atoms with Gasteiger partial charge in [0, 0.05) is 18.8 Å². The van der Waals surface area contributed by atoms with Crippen LogP contribution in [0.2, 0.25) is 0 Å². The molecule has 3 heterocycles. The van der Waals surface area contributed by atoms with E-state index in [1.807, 2.05) is 51.8 Å². The molecule has 1 fully saturated rings. The van der Waals surface area contributed by atoms with Crippen LogP contribution in [0, 0.1) is 25.7 Å². The maximum absolute atomic E-state index is 12.5. The molecular formula is C22H30N6O2. The van der Waals surface area contributed by atoms with Crippen LogP contribution in [-0.4, -0.2) is 46.6 Å². The molecule has 0 radical (unpaired) electrons. The second-order valence-electron chi connectivity index (χ2n) is 8.75. The fraction of sp³-hybridized carbons (Fsp3) is 0.545. The van der Waals surface area contributed by atoms with Crippen molar-refractivity contribution in [2.24, 2.45) is 11.8 Å². The van der Waals surface area contributed by atoms with Gasteiger partial charge < -0.3 is 20.3 Å². The zero-order chi connectivity index (χ0) is 21.4. The zero-order valence-corrected chi connectivity index (χ0v) is 18.3. The highest BCUT2D eigenvalue weighted by Crippen LogP contribution is 2.35. The quantitative estimate of drug-likeness (QED) is 0.756. The third-order valence-corrected chi connectivity index (χ3v) is 5.91. The van der Waals surface area contributed by atoms with Crippen LogP contribution in [0.1, 0.15) is 38.1 Å². The van der Waals surface area contributed by atoms with Gasteiger partial charge in [-0.2, -0.15) is 4.98 Å². The Morgan fingerprint density at radius 1 is 1.27 bits per heavy atom. The number of amides is 1. The summed E-state index contributed by atoms with van der Waals surface area (Å²) in [6, 6.07) is 4.01. The number of fused-ring (bicyclic) bond motifs is 1. The Labute approximate surface area is 177 Å². The minimum absolute atomic E-state index is 0.00183. The smallest absolute Gasteiger partial charge is 0.247 e. The second kappa shape index (κ2) is 8.08. The van der Waals surface area contributed by atoms with E-state index in [1.165, 1.54) is 0 Å². The van der Waals surface area contributed by atoms with Crippen molar-refractivity contribution >= 4 is 23.4 Å². The number of aryl methyl sites for hydroxylation is 2. The summed E-state index contributed by atoms with van der Waals surface area (Å²) in [5.41, 5.74) is 2.47. The van der Waals surface area contributed by atoms with E-state index in [0.29, 0.717) is 30.2 Å². The molecular weight excluding hydrogens is 380 g/mol. The number of aromatic nitrogens is 3. The van der Waals surface area contributed by atoms with Gasteiger partial charge in [0.1, 0.15) is 17.5 Å². The summed E-state index contributed by atoms with van der Waals surface area (Å²) in [7, 11) is 1.93. The van der Waals surface area contributed by atoms with Crippen molar-refractivity contribution in [2.75, 3.05) is 29.2 Å². The molecule has 0 spiro atoms. The third-order valence-electron chi connectivity index (χ3n) is 5.91. The molecule has 1 atom stereocenters. The van der Waals surface area contributed by atoms with Crippen LogP contribution in [0.3, 0.4) is 0 Å². The van der Waals surface area contributed by atoms with Gasteiger partial charge in [0.25, 0.3) is 0 Å². The summed E-state index contributed by atoms with van der Waals surface area (Å²) >= 11 is 0. The van der Waals surface area contributed by atoms with Crippen LogP contribution >= 0.6 is 0 Å². The van der Waals surface area contributed by atoms with E-state index >= 15 is 0 Å². The van der Waals surface area contributed by atoms with E-state index < -0.39 is 0 Å². The summed E-state index contributed by atoms with van der Waals surface area (Å²) in [4.78, 5) is 28.0. The third kappa shape index (κ3) is 4.04. The molecule has 4 rings (SSSR count). The Bertz CT molecular complexity index is 924. The first kappa shape index (κ1) is 20.4. The second-order valence-corrected chi connectivity index (χ2v) is 8.75. The van der Waals surface area contributed by atoms with Crippen molar-refractivity contribution in [3.05, 3.63) is 29.7 Å². The standard InChI is InChI=1S/C22H30N6O2/c1-12(2)19-21(29)26-18-14(4)24-22(27-20(18)28(19)5)25-16-8-15(9-16)11-30-17-7-6-13(3)23-10-17/h6-7,10,12,15-16,19H,8-9,11H2,1-5H3,(H,26,29)(H,24,25,27)/t15-,16+,19-/m0/s1. The molecule has 2 aliphatic rings. The fourth-order valence-corrected chi connectivity index (χ4v) is 4.20. The first-order valence-electron chi connectivity index (χ1n) is 10.6. The normalized spacial score (nSPS) is 22.9. The lowest BCUT2D eigenvalue weighted by atomic mass is 9.81. The van der Waals surface area contributed by atoms with E-state index in [0.717, 1.165) is 35.8 Å². The summed E-state index contributed by atoms with van der Waals surface area (Å²) in [6.45, 7) is 8.65. The molecule has 0 aromatic carbocycles. The molecule has 0 bridgehead atoms.